The first-order valence-corrected chi connectivity index (χ1v) is 7.41. The maximum absolute atomic E-state index is 12.6. The fraction of sp³-hybridized carbons (Fsp3) is 0.167. The van der Waals surface area contributed by atoms with Gasteiger partial charge in [0.1, 0.15) is 0 Å². The van der Waals surface area contributed by atoms with Crippen LogP contribution in [0.4, 0.5) is 5.69 Å². The summed E-state index contributed by atoms with van der Waals surface area (Å²) in [7, 11) is 3.21. The normalized spacial score (nSPS) is 10.3. The van der Waals surface area contributed by atoms with Crippen molar-refractivity contribution in [1.82, 2.24) is 18.7 Å². The lowest BCUT2D eigenvalue weighted by Crippen LogP contribution is -2.39. The molecule has 7 heteroatoms. The topological polar surface area (TPSA) is 87.8 Å². The molecule has 1 aromatic carbocycles. The number of aromatic nitrogens is 4. The molecule has 0 aliphatic rings. The van der Waals surface area contributed by atoms with Crippen LogP contribution >= 0.6 is 0 Å². The SMILES string of the molecule is C#CCn1c(=O)c2c(nc(C#Cc3cccc(N)c3)n2C)n(C)c1=O. The van der Waals surface area contributed by atoms with Crippen molar-refractivity contribution in [2.75, 3.05) is 5.73 Å². The summed E-state index contributed by atoms with van der Waals surface area (Å²) in [5.74, 6) is 8.55. The quantitative estimate of drug-likeness (QED) is 0.503. The van der Waals surface area contributed by atoms with E-state index in [4.69, 9.17) is 12.2 Å². The molecule has 0 saturated heterocycles. The lowest BCUT2D eigenvalue weighted by atomic mass is 10.2. The lowest BCUT2D eigenvalue weighted by molar-refractivity contribution is 0.674. The molecule has 7 nitrogen and oxygen atoms in total. The second-order valence-corrected chi connectivity index (χ2v) is 5.48. The van der Waals surface area contributed by atoms with Crippen LogP contribution in [-0.2, 0) is 20.6 Å². The Hall–Kier alpha value is -3.71. The van der Waals surface area contributed by atoms with E-state index in [-0.39, 0.29) is 17.7 Å². The Morgan fingerprint density at radius 3 is 2.64 bits per heavy atom. The monoisotopic (exact) mass is 333 g/mol. The van der Waals surface area contributed by atoms with E-state index in [0.29, 0.717) is 11.5 Å². The summed E-state index contributed by atoms with van der Waals surface area (Å²) in [6, 6.07) is 7.13. The van der Waals surface area contributed by atoms with Crippen molar-refractivity contribution in [2.45, 2.75) is 6.54 Å². The van der Waals surface area contributed by atoms with Crippen molar-refractivity contribution in [1.29, 1.82) is 0 Å². The first-order valence-electron chi connectivity index (χ1n) is 7.41. The lowest BCUT2D eigenvalue weighted by Gasteiger charge is -2.05. The number of nitrogens with zero attached hydrogens (tertiary/aromatic N) is 4. The average molecular weight is 333 g/mol. The number of terminal acetylenes is 1. The summed E-state index contributed by atoms with van der Waals surface area (Å²) in [6.07, 6.45) is 5.25. The second kappa shape index (κ2) is 6.06. The molecule has 3 rings (SSSR count). The Morgan fingerprint density at radius 2 is 1.96 bits per heavy atom. The van der Waals surface area contributed by atoms with Gasteiger partial charge >= 0.3 is 5.69 Å². The van der Waals surface area contributed by atoms with Crippen molar-refractivity contribution in [3.05, 3.63) is 56.5 Å². The van der Waals surface area contributed by atoms with Gasteiger partial charge in [-0.1, -0.05) is 17.9 Å². The highest BCUT2D eigenvalue weighted by molar-refractivity contribution is 5.72. The minimum Gasteiger partial charge on any atom is -0.399 e. The summed E-state index contributed by atoms with van der Waals surface area (Å²) in [5, 5.41) is 0. The molecule has 0 bridgehead atoms. The minimum absolute atomic E-state index is 0.100. The maximum Gasteiger partial charge on any atom is 0.333 e. The predicted molar refractivity (Wildman–Crippen MR) is 95.9 cm³/mol. The van der Waals surface area contributed by atoms with Crippen LogP contribution in [0.3, 0.4) is 0 Å². The predicted octanol–water partition coefficient (Wildman–Crippen LogP) is 0.0489. The van der Waals surface area contributed by atoms with Gasteiger partial charge in [-0.15, -0.1) is 6.42 Å². The molecule has 2 N–H and O–H groups in total. The summed E-state index contributed by atoms with van der Waals surface area (Å²) in [4.78, 5) is 29.2. The van der Waals surface area contributed by atoms with E-state index in [1.165, 1.54) is 4.57 Å². The van der Waals surface area contributed by atoms with E-state index in [2.05, 4.69) is 22.7 Å². The van der Waals surface area contributed by atoms with Crippen LogP contribution in [0.15, 0.2) is 33.9 Å². The molecule has 0 fully saturated rings. The van der Waals surface area contributed by atoms with Gasteiger partial charge < -0.3 is 10.3 Å². The van der Waals surface area contributed by atoms with Gasteiger partial charge in [-0.25, -0.2) is 14.3 Å². The maximum atomic E-state index is 12.6. The molecule has 0 atom stereocenters. The van der Waals surface area contributed by atoms with E-state index >= 15 is 0 Å². The molecule has 0 radical (unpaired) electrons. The Morgan fingerprint density at radius 1 is 1.20 bits per heavy atom. The van der Waals surface area contributed by atoms with Crippen molar-refractivity contribution in [2.24, 2.45) is 14.1 Å². The molecular weight excluding hydrogens is 318 g/mol. The summed E-state index contributed by atoms with van der Waals surface area (Å²) in [6.45, 7) is -0.100. The van der Waals surface area contributed by atoms with Gasteiger partial charge in [0.05, 0.1) is 6.54 Å². The van der Waals surface area contributed by atoms with Gasteiger partial charge in [0.2, 0.25) is 0 Å². The number of hydrogen-bond donors (Lipinski definition) is 1. The van der Waals surface area contributed by atoms with Crippen LogP contribution in [0, 0.1) is 24.2 Å². The molecule has 124 valence electrons. The van der Waals surface area contributed by atoms with Gasteiger partial charge in [-0.05, 0) is 24.1 Å². The first-order chi connectivity index (χ1) is 11.9. The molecule has 0 aliphatic carbocycles. The first kappa shape index (κ1) is 16.2. The van der Waals surface area contributed by atoms with Crippen molar-refractivity contribution in [3.63, 3.8) is 0 Å². The molecule has 0 saturated carbocycles. The zero-order valence-electron chi connectivity index (χ0n) is 13.8. The van der Waals surface area contributed by atoms with Gasteiger partial charge in [-0.2, -0.15) is 0 Å². The Labute approximate surface area is 143 Å². The highest BCUT2D eigenvalue weighted by Crippen LogP contribution is 2.09. The number of nitrogen functional groups attached to an aromatic ring is 1. The molecule has 0 aliphatic heterocycles. The Kier molecular flexibility index (Phi) is 3.92. The third-order valence-corrected chi connectivity index (χ3v) is 3.81. The fourth-order valence-corrected chi connectivity index (χ4v) is 2.53. The molecule has 0 spiro atoms. The number of aryl methyl sites for hydroxylation is 2. The average Bonchev–Trinajstić information content (AvgIpc) is 2.92. The smallest absolute Gasteiger partial charge is 0.333 e. The van der Waals surface area contributed by atoms with E-state index in [1.807, 2.05) is 6.07 Å². The fourth-order valence-electron chi connectivity index (χ4n) is 2.53. The zero-order chi connectivity index (χ0) is 18.1. The number of nitrogens with two attached hydrogens (primary N) is 1. The van der Waals surface area contributed by atoms with Crippen LogP contribution in [0.5, 0.6) is 0 Å². The molecule has 0 amide bonds. The number of fused-ring (bicyclic) bond motifs is 1. The summed E-state index contributed by atoms with van der Waals surface area (Å²) < 4.78 is 3.85. The van der Waals surface area contributed by atoms with Gasteiger partial charge in [0.25, 0.3) is 5.56 Å². The highest BCUT2D eigenvalue weighted by Gasteiger charge is 2.17. The van der Waals surface area contributed by atoms with E-state index in [1.54, 1.807) is 36.9 Å². The number of anilines is 1. The van der Waals surface area contributed by atoms with Crippen LogP contribution in [0.1, 0.15) is 11.4 Å². The summed E-state index contributed by atoms with van der Waals surface area (Å²) in [5.41, 5.74) is 6.61. The molecule has 2 aromatic heterocycles. The molecular formula is C18H15N5O2. The third-order valence-electron chi connectivity index (χ3n) is 3.81. The number of rotatable bonds is 1. The summed E-state index contributed by atoms with van der Waals surface area (Å²) >= 11 is 0. The van der Waals surface area contributed by atoms with Gasteiger partial charge in [-0.3, -0.25) is 9.36 Å². The third kappa shape index (κ3) is 2.68. The van der Waals surface area contributed by atoms with E-state index < -0.39 is 11.2 Å². The van der Waals surface area contributed by atoms with Crippen LogP contribution in [0.25, 0.3) is 11.2 Å². The van der Waals surface area contributed by atoms with Crippen LogP contribution < -0.4 is 17.0 Å². The Bertz CT molecular complexity index is 1210. The minimum atomic E-state index is -0.510. The van der Waals surface area contributed by atoms with Gasteiger partial charge in [0.15, 0.2) is 17.0 Å². The Balaban J connectivity index is 2.24. The van der Waals surface area contributed by atoms with Crippen molar-refractivity contribution in [3.8, 4) is 24.2 Å². The zero-order valence-corrected chi connectivity index (χ0v) is 13.8. The largest absolute Gasteiger partial charge is 0.399 e. The van der Waals surface area contributed by atoms with Crippen LogP contribution in [-0.4, -0.2) is 18.7 Å². The number of hydrogen-bond acceptors (Lipinski definition) is 4. The van der Waals surface area contributed by atoms with Gasteiger partial charge in [0, 0.05) is 25.3 Å². The van der Waals surface area contributed by atoms with Crippen molar-refractivity contribution >= 4 is 16.9 Å². The second-order valence-electron chi connectivity index (χ2n) is 5.48. The van der Waals surface area contributed by atoms with Crippen molar-refractivity contribution < 1.29 is 0 Å². The molecule has 3 aromatic rings. The van der Waals surface area contributed by atoms with E-state index in [9.17, 15) is 9.59 Å². The number of imidazole rings is 1. The molecule has 25 heavy (non-hydrogen) atoms. The van der Waals surface area contributed by atoms with Crippen LogP contribution in [0.2, 0.25) is 0 Å². The standard InChI is InChI=1S/C18H15N5O2/c1-4-10-23-17(24)15-16(22(3)18(23)25)20-14(21(15)2)9-8-12-6-5-7-13(19)11-12/h1,5-7,11H,10,19H2,2-3H3. The molecule has 2 heterocycles. The highest BCUT2D eigenvalue weighted by atomic mass is 16.2. The molecule has 0 unspecified atom stereocenters. The number of benzene rings is 1. The van der Waals surface area contributed by atoms with E-state index in [0.717, 1.165) is 10.1 Å².